The highest BCUT2D eigenvalue weighted by molar-refractivity contribution is 7.92. The van der Waals surface area contributed by atoms with E-state index in [9.17, 15) is 13.5 Å². The molecule has 184 valence electrons. The highest BCUT2D eigenvalue weighted by atomic mass is 35.5. The fourth-order valence-corrected chi connectivity index (χ4v) is 4.56. The minimum Gasteiger partial charge on any atom is -0.494 e. The van der Waals surface area contributed by atoms with Crippen LogP contribution in [-0.2, 0) is 17.1 Å². The number of para-hydroxylation sites is 1. The molecule has 14 heteroatoms. The zero-order chi connectivity index (χ0) is 25.2. The number of halogens is 1. The summed E-state index contributed by atoms with van der Waals surface area (Å²) >= 11 is 5.82. The Labute approximate surface area is 206 Å². The van der Waals surface area contributed by atoms with Gasteiger partial charge >= 0.3 is 0 Å². The lowest BCUT2D eigenvalue weighted by atomic mass is 10.2. The molecule has 0 aliphatic heterocycles. The first-order valence-electron chi connectivity index (χ1n) is 10.2. The van der Waals surface area contributed by atoms with Crippen LogP contribution in [0.5, 0.6) is 11.5 Å². The third-order valence-electron chi connectivity index (χ3n) is 4.95. The summed E-state index contributed by atoms with van der Waals surface area (Å²) in [5.41, 5.74) is 0.950. The van der Waals surface area contributed by atoms with Crippen LogP contribution in [0.25, 0.3) is 17.2 Å². The van der Waals surface area contributed by atoms with Gasteiger partial charge in [0.2, 0.25) is 16.0 Å². The second-order valence-electron chi connectivity index (χ2n) is 7.37. The van der Waals surface area contributed by atoms with E-state index in [4.69, 9.17) is 21.1 Å². The lowest BCUT2D eigenvalue weighted by Gasteiger charge is -2.17. The first kappa shape index (κ1) is 24.4. The quantitative estimate of drug-likeness (QED) is 0.339. The zero-order valence-corrected chi connectivity index (χ0v) is 20.5. The van der Waals surface area contributed by atoms with E-state index < -0.39 is 21.9 Å². The van der Waals surface area contributed by atoms with Gasteiger partial charge in [0.05, 0.1) is 24.9 Å². The number of aryl methyl sites for hydroxylation is 1. The summed E-state index contributed by atoms with van der Waals surface area (Å²) in [4.78, 5) is 3.98. The van der Waals surface area contributed by atoms with Crippen molar-refractivity contribution in [3.8, 4) is 28.7 Å². The smallest absolute Gasteiger partial charge is 0.243 e. The molecule has 2 N–H and O–H groups in total. The Bertz CT molecular complexity index is 1410. The van der Waals surface area contributed by atoms with Crippen LogP contribution in [0.15, 0.2) is 48.8 Å². The molecule has 1 aromatic carbocycles. The summed E-state index contributed by atoms with van der Waals surface area (Å²) in [6.07, 6.45) is 1.63. The van der Waals surface area contributed by atoms with Gasteiger partial charge in [0.15, 0.2) is 5.82 Å². The van der Waals surface area contributed by atoms with Crippen LogP contribution in [0.2, 0.25) is 5.02 Å². The molecule has 4 rings (SSSR count). The Kier molecular flexibility index (Phi) is 6.91. The fourth-order valence-electron chi connectivity index (χ4n) is 3.37. The number of methoxy groups -OCH3 is 2. The van der Waals surface area contributed by atoms with Gasteiger partial charge in [0.1, 0.15) is 34.7 Å². The second-order valence-corrected chi connectivity index (χ2v) is 9.57. The van der Waals surface area contributed by atoms with Crippen LogP contribution >= 0.6 is 11.6 Å². The molecule has 0 aliphatic carbocycles. The van der Waals surface area contributed by atoms with Crippen molar-refractivity contribution in [3.05, 3.63) is 59.5 Å². The number of aliphatic hydroxyl groups is 1. The summed E-state index contributed by atoms with van der Waals surface area (Å²) in [5.74, 6) is 0.173. The van der Waals surface area contributed by atoms with Gasteiger partial charge in [-0.05, 0) is 30.3 Å². The lowest BCUT2D eigenvalue weighted by molar-refractivity contribution is 0.197. The van der Waals surface area contributed by atoms with E-state index in [2.05, 4.69) is 25.0 Å². The summed E-state index contributed by atoms with van der Waals surface area (Å²) in [5, 5.41) is 23.4. The maximum atomic E-state index is 13.0. The van der Waals surface area contributed by atoms with Crippen LogP contribution in [0, 0.1) is 0 Å². The molecule has 35 heavy (non-hydrogen) atoms. The predicted molar refractivity (Wildman–Crippen MR) is 128 cm³/mol. The van der Waals surface area contributed by atoms with Crippen LogP contribution in [0.4, 0.5) is 5.95 Å². The van der Waals surface area contributed by atoms with Gasteiger partial charge in [-0.1, -0.05) is 17.7 Å². The average Bonchev–Trinajstić information content (AvgIpc) is 3.43. The molecule has 0 saturated carbocycles. The van der Waals surface area contributed by atoms with Gasteiger partial charge in [-0.3, -0.25) is 19.0 Å². The largest absolute Gasteiger partial charge is 0.494 e. The number of nitrogens with one attached hydrogen (secondary N) is 1. The van der Waals surface area contributed by atoms with Gasteiger partial charge in [-0.25, -0.2) is 8.42 Å². The van der Waals surface area contributed by atoms with Crippen molar-refractivity contribution >= 4 is 27.6 Å². The van der Waals surface area contributed by atoms with Gasteiger partial charge in [-0.15, -0.1) is 10.2 Å². The molecular weight excluding hydrogens is 498 g/mol. The van der Waals surface area contributed by atoms with E-state index >= 15 is 0 Å². The molecule has 3 heterocycles. The highest BCUT2D eigenvalue weighted by Gasteiger charge is 2.27. The number of anilines is 1. The summed E-state index contributed by atoms with van der Waals surface area (Å²) in [6.45, 7) is 0. The minimum absolute atomic E-state index is 0.148. The van der Waals surface area contributed by atoms with Gasteiger partial charge in [0, 0.05) is 19.4 Å². The number of hydrogen-bond acceptors (Lipinski definition) is 9. The molecule has 0 spiro atoms. The lowest BCUT2D eigenvalue weighted by Crippen LogP contribution is -2.24. The third kappa shape index (κ3) is 5.21. The number of hydrogen-bond donors (Lipinski definition) is 2. The first-order chi connectivity index (χ1) is 16.7. The molecule has 3 aromatic heterocycles. The van der Waals surface area contributed by atoms with E-state index in [1.807, 2.05) is 0 Å². The maximum absolute atomic E-state index is 13.0. The Morgan fingerprint density at radius 3 is 2.40 bits per heavy atom. The Morgan fingerprint density at radius 1 is 1.11 bits per heavy atom. The second kappa shape index (κ2) is 9.90. The van der Waals surface area contributed by atoms with E-state index in [1.165, 1.54) is 37.1 Å². The number of ether oxygens (including phenoxy) is 2. The van der Waals surface area contributed by atoms with Crippen molar-refractivity contribution in [3.63, 3.8) is 0 Å². The molecular formula is C21H22ClN7O5S. The van der Waals surface area contributed by atoms with Crippen molar-refractivity contribution in [1.82, 2.24) is 29.5 Å². The Balaban J connectivity index is 1.77. The number of aliphatic hydroxyl groups excluding tert-OH is 1. The van der Waals surface area contributed by atoms with E-state index in [1.54, 1.807) is 42.2 Å². The predicted octanol–water partition coefficient (Wildman–Crippen LogP) is 2.21. The Morgan fingerprint density at radius 2 is 1.83 bits per heavy atom. The molecule has 0 aliphatic rings. The van der Waals surface area contributed by atoms with Crippen LogP contribution in [-0.4, -0.2) is 63.0 Å². The summed E-state index contributed by atoms with van der Waals surface area (Å²) in [7, 11) is 0.560. The zero-order valence-electron chi connectivity index (χ0n) is 19.0. The van der Waals surface area contributed by atoms with E-state index in [0.717, 1.165) is 0 Å². The molecule has 0 saturated heterocycles. The van der Waals surface area contributed by atoms with Gasteiger partial charge < -0.3 is 14.6 Å². The number of aromatic nitrogens is 6. The van der Waals surface area contributed by atoms with Crippen LogP contribution < -0.4 is 14.2 Å². The van der Waals surface area contributed by atoms with Crippen molar-refractivity contribution in [2.45, 2.75) is 6.10 Å². The van der Waals surface area contributed by atoms with E-state index in [0.29, 0.717) is 27.9 Å². The Hall–Kier alpha value is -3.68. The van der Waals surface area contributed by atoms with Crippen molar-refractivity contribution in [2.75, 3.05) is 24.7 Å². The maximum Gasteiger partial charge on any atom is 0.243 e. The van der Waals surface area contributed by atoms with E-state index in [-0.39, 0.29) is 17.5 Å². The highest BCUT2D eigenvalue weighted by Crippen LogP contribution is 2.37. The summed E-state index contributed by atoms with van der Waals surface area (Å²) in [6, 6.07) is 9.77. The molecule has 12 nitrogen and oxygen atoms in total. The number of nitrogens with zero attached hydrogens (tertiary/aromatic N) is 6. The fraction of sp³-hybridized carbons (Fsp3) is 0.238. The van der Waals surface area contributed by atoms with Crippen LogP contribution in [0.1, 0.15) is 11.8 Å². The molecule has 0 radical (unpaired) electrons. The first-order valence-corrected chi connectivity index (χ1v) is 12.2. The molecule has 0 amide bonds. The number of sulfonamides is 1. The van der Waals surface area contributed by atoms with Crippen molar-refractivity contribution in [2.24, 2.45) is 7.05 Å². The van der Waals surface area contributed by atoms with Gasteiger partial charge in [-0.2, -0.15) is 5.10 Å². The monoisotopic (exact) mass is 519 g/mol. The third-order valence-corrected chi connectivity index (χ3v) is 6.42. The van der Waals surface area contributed by atoms with Crippen molar-refractivity contribution in [1.29, 1.82) is 0 Å². The number of benzene rings is 1. The molecule has 4 aromatic rings. The molecule has 0 fully saturated rings. The normalized spacial score (nSPS) is 12.4. The topological polar surface area (TPSA) is 146 Å². The SMILES string of the molecule is COc1cccc(OC)c1-n1c(NS(=O)(=O)CC(O)c2ccc(Cl)cn2)nnc1-c1ccn(C)n1. The molecule has 1 unspecified atom stereocenters. The van der Waals surface area contributed by atoms with Crippen molar-refractivity contribution < 1.29 is 23.0 Å². The standard InChI is InChI=1S/C21H22ClN7O5S/c1-28-10-9-15(26-28)20-24-25-21(29(20)19-17(33-2)5-4-6-18(19)34-3)27-35(31,32)12-16(30)14-8-7-13(22)11-23-14/h4-11,16,30H,12H2,1-3H3,(H,25,27). The average molecular weight is 520 g/mol. The van der Waals surface area contributed by atoms with Gasteiger partial charge in [0.25, 0.3) is 0 Å². The minimum atomic E-state index is -4.13. The number of rotatable bonds is 9. The molecule has 0 bridgehead atoms. The van der Waals surface area contributed by atoms with Crippen LogP contribution in [0.3, 0.4) is 0 Å². The molecule has 1 atom stereocenters. The number of pyridine rings is 1. The summed E-state index contributed by atoms with van der Waals surface area (Å²) < 4.78 is 42.4.